The maximum absolute atomic E-state index is 13.4. The van der Waals surface area contributed by atoms with Gasteiger partial charge in [-0.15, -0.1) is 0 Å². The molecule has 25 heavy (non-hydrogen) atoms. The van der Waals surface area contributed by atoms with Gasteiger partial charge in [0.2, 0.25) is 10.0 Å². The molecule has 140 valence electrons. The molecule has 2 fully saturated rings. The van der Waals surface area contributed by atoms with Crippen LogP contribution in [0.5, 0.6) is 5.75 Å². The minimum atomic E-state index is -3.65. The van der Waals surface area contributed by atoms with E-state index in [4.69, 9.17) is 4.74 Å². The summed E-state index contributed by atoms with van der Waals surface area (Å²) >= 11 is 0. The van der Waals surface area contributed by atoms with Crippen LogP contribution >= 0.6 is 0 Å². The van der Waals surface area contributed by atoms with Gasteiger partial charge in [-0.1, -0.05) is 26.3 Å². The highest BCUT2D eigenvalue weighted by Crippen LogP contribution is 2.46. The maximum atomic E-state index is 13.4. The summed E-state index contributed by atoms with van der Waals surface area (Å²) in [5.41, 5.74) is 0.709. The van der Waals surface area contributed by atoms with Crippen LogP contribution in [-0.2, 0) is 10.0 Å². The second kappa shape index (κ2) is 6.89. The van der Waals surface area contributed by atoms with E-state index in [2.05, 4.69) is 0 Å². The molecule has 1 heterocycles. The predicted octanol–water partition coefficient (Wildman–Crippen LogP) is 3.13. The quantitative estimate of drug-likeness (QED) is 0.888. The second-order valence-corrected chi connectivity index (χ2v) is 9.68. The summed E-state index contributed by atoms with van der Waals surface area (Å²) in [4.78, 5) is 0.241. The Balaban J connectivity index is 1.97. The average Bonchev–Trinajstić information content (AvgIpc) is 2.94. The second-order valence-electron chi connectivity index (χ2n) is 7.78. The molecule has 1 aromatic rings. The number of rotatable bonds is 4. The monoisotopic (exact) mass is 367 g/mol. The number of ether oxygens (including phenoxy) is 1. The predicted molar refractivity (Wildman–Crippen MR) is 97.4 cm³/mol. The van der Waals surface area contributed by atoms with Crippen LogP contribution < -0.4 is 4.74 Å². The van der Waals surface area contributed by atoms with Gasteiger partial charge in [0.1, 0.15) is 10.6 Å². The third-order valence-corrected chi connectivity index (χ3v) is 7.77. The largest absolute Gasteiger partial charge is 0.495 e. The molecule has 2 aliphatic rings. The number of methoxy groups -OCH3 is 1. The van der Waals surface area contributed by atoms with E-state index in [0.717, 1.165) is 37.7 Å². The van der Waals surface area contributed by atoms with Crippen molar-refractivity contribution >= 4 is 10.0 Å². The van der Waals surface area contributed by atoms with Crippen molar-refractivity contribution in [1.29, 1.82) is 0 Å². The summed E-state index contributed by atoms with van der Waals surface area (Å²) in [5, 5.41) is 10.4. The van der Waals surface area contributed by atoms with E-state index in [1.54, 1.807) is 16.4 Å². The lowest BCUT2D eigenvalue weighted by molar-refractivity contribution is 0.0126. The van der Waals surface area contributed by atoms with Crippen molar-refractivity contribution in [3.63, 3.8) is 0 Å². The fourth-order valence-corrected chi connectivity index (χ4v) is 6.08. The normalized spacial score (nSPS) is 28.0. The molecule has 1 aliphatic carbocycles. The van der Waals surface area contributed by atoms with Gasteiger partial charge in [0.05, 0.1) is 13.2 Å². The van der Waals surface area contributed by atoms with Gasteiger partial charge in [0, 0.05) is 18.5 Å². The third-order valence-electron chi connectivity index (χ3n) is 5.90. The molecule has 1 spiro atoms. The van der Waals surface area contributed by atoms with Crippen LogP contribution in [0.25, 0.3) is 0 Å². The number of aliphatic hydroxyl groups is 1. The Labute approximate surface area is 151 Å². The molecule has 0 unspecified atom stereocenters. The first-order chi connectivity index (χ1) is 11.8. The molecule has 3 rings (SSSR count). The standard InChI is InChI=1S/C19H29NO4S/c1-14(2)15-7-8-16(24-3)17(12-15)25(22,23)20-11-5-10-19(13-20)9-4-6-18(19)21/h7-8,12,14,18,21H,4-6,9-11,13H2,1-3H3/t18-,19-/m1/s1. The highest BCUT2D eigenvalue weighted by atomic mass is 32.2. The van der Waals surface area contributed by atoms with Crippen LogP contribution in [0.3, 0.4) is 0 Å². The first kappa shape index (κ1) is 18.7. The Morgan fingerprint density at radius 3 is 2.60 bits per heavy atom. The number of benzene rings is 1. The Kier molecular flexibility index (Phi) is 5.15. The molecule has 0 radical (unpaired) electrons. The highest BCUT2D eigenvalue weighted by molar-refractivity contribution is 7.89. The van der Waals surface area contributed by atoms with Gasteiger partial charge in [-0.3, -0.25) is 0 Å². The lowest BCUT2D eigenvalue weighted by atomic mass is 9.77. The highest BCUT2D eigenvalue weighted by Gasteiger charge is 2.47. The first-order valence-electron chi connectivity index (χ1n) is 9.16. The molecule has 1 aromatic carbocycles. The molecule has 1 saturated carbocycles. The van der Waals surface area contributed by atoms with Gasteiger partial charge in [0.15, 0.2) is 0 Å². The molecule has 0 bridgehead atoms. The molecular weight excluding hydrogens is 338 g/mol. The Morgan fingerprint density at radius 1 is 1.28 bits per heavy atom. The van der Waals surface area contributed by atoms with Crippen LogP contribution in [0, 0.1) is 5.41 Å². The minimum Gasteiger partial charge on any atom is -0.495 e. The topological polar surface area (TPSA) is 66.8 Å². The molecule has 1 N–H and O–H groups in total. The van der Waals surface area contributed by atoms with E-state index in [1.165, 1.54) is 7.11 Å². The molecule has 6 heteroatoms. The van der Waals surface area contributed by atoms with Crippen LogP contribution in [0.4, 0.5) is 0 Å². The number of sulfonamides is 1. The van der Waals surface area contributed by atoms with Gasteiger partial charge in [-0.2, -0.15) is 4.31 Å². The van der Waals surface area contributed by atoms with Crippen LogP contribution in [-0.4, -0.2) is 44.1 Å². The molecule has 2 atom stereocenters. The zero-order valence-electron chi connectivity index (χ0n) is 15.4. The molecule has 0 amide bonds. The van der Waals surface area contributed by atoms with Gasteiger partial charge < -0.3 is 9.84 Å². The van der Waals surface area contributed by atoms with Crippen molar-refractivity contribution in [2.75, 3.05) is 20.2 Å². The fourth-order valence-electron chi connectivity index (χ4n) is 4.31. The number of aliphatic hydroxyl groups excluding tert-OH is 1. The summed E-state index contributed by atoms with van der Waals surface area (Å²) < 4.78 is 33.6. The van der Waals surface area contributed by atoms with Gasteiger partial charge in [-0.25, -0.2) is 8.42 Å². The zero-order valence-corrected chi connectivity index (χ0v) is 16.2. The summed E-state index contributed by atoms with van der Waals surface area (Å²) in [6.07, 6.45) is 3.96. The molecule has 5 nitrogen and oxygen atoms in total. The van der Waals surface area contributed by atoms with E-state index in [-0.39, 0.29) is 16.2 Å². The maximum Gasteiger partial charge on any atom is 0.246 e. The van der Waals surface area contributed by atoms with E-state index in [9.17, 15) is 13.5 Å². The average molecular weight is 368 g/mol. The first-order valence-corrected chi connectivity index (χ1v) is 10.6. The van der Waals surface area contributed by atoms with Crippen molar-refractivity contribution in [3.05, 3.63) is 23.8 Å². The fraction of sp³-hybridized carbons (Fsp3) is 0.684. The molecule has 1 aliphatic heterocycles. The minimum absolute atomic E-state index is 0.240. The summed E-state index contributed by atoms with van der Waals surface area (Å²) in [5.74, 6) is 0.625. The van der Waals surface area contributed by atoms with E-state index >= 15 is 0 Å². The zero-order chi connectivity index (χ0) is 18.2. The van der Waals surface area contributed by atoms with Crippen LogP contribution in [0.2, 0.25) is 0 Å². The number of nitrogens with zero attached hydrogens (tertiary/aromatic N) is 1. The molecule has 1 saturated heterocycles. The van der Waals surface area contributed by atoms with Crippen LogP contribution in [0.1, 0.15) is 57.4 Å². The third kappa shape index (κ3) is 3.32. The van der Waals surface area contributed by atoms with E-state index in [0.29, 0.717) is 18.8 Å². The SMILES string of the molecule is COc1ccc(C(C)C)cc1S(=O)(=O)N1CCC[C@]2(CCC[C@H]2O)C1. The van der Waals surface area contributed by atoms with Gasteiger partial charge >= 0.3 is 0 Å². The smallest absolute Gasteiger partial charge is 0.246 e. The van der Waals surface area contributed by atoms with Gasteiger partial charge in [-0.05, 0) is 49.3 Å². The van der Waals surface area contributed by atoms with Crippen molar-refractivity contribution in [2.24, 2.45) is 5.41 Å². The van der Waals surface area contributed by atoms with Crippen molar-refractivity contribution in [1.82, 2.24) is 4.31 Å². The van der Waals surface area contributed by atoms with Crippen molar-refractivity contribution < 1.29 is 18.3 Å². The van der Waals surface area contributed by atoms with Crippen molar-refractivity contribution in [3.8, 4) is 5.75 Å². The number of hydrogen-bond donors (Lipinski definition) is 1. The lowest BCUT2D eigenvalue weighted by Gasteiger charge is -2.42. The number of piperidine rings is 1. The number of hydrogen-bond acceptors (Lipinski definition) is 4. The van der Waals surface area contributed by atoms with Crippen molar-refractivity contribution in [2.45, 2.75) is 62.9 Å². The Bertz CT molecular complexity index is 731. The summed E-state index contributed by atoms with van der Waals surface area (Å²) in [6.45, 7) is 5.00. The van der Waals surface area contributed by atoms with E-state index in [1.807, 2.05) is 19.9 Å². The van der Waals surface area contributed by atoms with Gasteiger partial charge in [0.25, 0.3) is 0 Å². The van der Waals surface area contributed by atoms with E-state index < -0.39 is 16.1 Å². The lowest BCUT2D eigenvalue weighted by Crippen LogP contribution is -2.49. The Hall–Kier alpha value is -1.11. The van der Waals surface area contributed by atoms with Crippen LogP contribution in [0.15, 0.2) is 23.1 Å². The summed E-state index contributed by atoms with van der Waals surface area (Å²) in [6, 6.07) is 5.40. The Morgan fingerprint density at radius 2 is 2.00 bits per heavy atom. The molecular formula is C19H29NO4S. The summed E-state index contributed by atoms with van der Waals surface area (Å²) in [7, 11) is -2.15. The molecule has 0 aromatic heterocycles.